The Hall–Kier alpha value is -0.810. The zero-order valence-electron chi connectivity index (χ0n) is 10.7. The number of ether oxygens (including phenoxy) is 1. The zero-order valence-corrected chi connectivity index (χ0v) is 11.5. The fourth-order valence-electron chi connectivity index (χ4n) is 3.07. The van der Waals surface area contributed by atoms with Gasteiger partial charge in [-0.15, -0.1) is 11.6 Å². The van der Waals surface area contributed by atoms with E-state index in [4.69, 9.17) is 16.3 Å². The number of esters is 1. The maximum Gasteiger partial charge on any atom is 0.339 e. The van der Waals surface area contributed by atoms with Gasteiger partial charge in [0.15, 0.2) is 5.60 Å². The minimum atomic E-state index is -1.31. The Morgan fingerprint density at radius 1 is 1.50 bits per heavy atom. The molecule has 0 bridgehead atoms. The lowest BCUT2D eigenvalue weighted by Gasteiger charge is -2.54. The fourth-order valence-corrected chi connectivity index (χ4v) is 3.28. The first-order valence-electron chi connectivity index (χ1n) is 6.10. The Kier molecular flexibility index (Phi) is 3.10. The molecule has 2 N–H and O–H groups in total. The van der Waals surface area contributed by atoms with E-state index in [1.165, 1.54) is 0 Å². The first kappa shape index (κ1) is 13.6. The van der Waals surface area contributed by atoms with Crippen LogP contribution in [0.15, 0.2) is 0 Å². The monoisotopic (exact) mass is 275 g/mol. The Morgan fingerprint density at radius 2 is 2.11 bits per heavy atom. The molecule has 0 aliphatic carbocycles. The lowest BCUT2D eigenvalue weighted by molar-refractivity contribution is -0.238. The lowest BCUT2D eigenvalue weighted by Crippen LogP contribution is -2.79. The summed E-state index contributed by atoms with van der Waals surface area (Å²) in [4.78, 5) is 23.8. The maximum atomic E-state index is 12.0. The number of halogens is 1. The van der Waals surface area contributed by atoms with E-state index in [2.05, 4.69) is 5.32 Å². The third kappa shape index (κ3) is 1.37. The molecule has 0 spiro atoms. The molecule has 5 nitrogen and oxygen atoms in total. The van der Waals surface area contributed by atoms with Crippen LogP contribution in [0.2, 0.25) is 0 Å². The van der Waals surface area contributed by atoms with Crippen molar-refractivity contribution in [3.05, 3.63) is 0 Å². The van der Waals surface area contributed by atoms with Crippen molar-refractivity contribution in [1.82, 2.24) is 5.32 Å². The van der Waals surface area contributed by atoms with Crippen molar-refractivity contribution >= 4 is 23.5 Å². The molecular weight excluding hydrogens is 258 g/mol. The second-order valence-corrected chi connectivity index (χ2v) is 5.89. The summed E-state index contributed by atoms with van der Waals surface area (Å²) >= 11 is 5.69. The third-order valence-corrected chi connectivity index (χ3v) is 4.40. The number of amides is 1. The van der Waals surface area contributed by atoms with Gasteiger partial charge in [-0.3, -0.25) is 4.79 Å². The van der Waals surface area contributed by atoms with Crippen LogP contribution in [0.25, 0.3) is 0 Å². The van der Waals surface area contributed by atoms with Gasteiger partial charge in [-0.25, -0.2) is 4.79 Å². The normalized spacial score (nSPS) is 40.0. The van der Waals surface area contributed by atoms with Crippen LogP contribution >= 0.6 is 11.6 Å². The standard InChI is InChI=1S/C12H18ClNO4/c1-6(2)8(15)12-10(17)18-11(12,3)7(4-5-13)9(16)14-12/h6-8,15H,4-5H2,1-3H3,(H,14,16)/t7?,8-,11-,12-/m0/s1. The second-order valence-electron chi connectivity index (χ2n) is 5.51. The molecule has 2 aliphatic rings. The number of aliphatic hydroxyl groups is 1. The minimum Gasteiger partial charge on any atom is -0.453 e. The van der Waals surface area contributed by atoms with Crippen molar-refractivity contribution in [2.75, 3.05) is 5.88 Å². The number of fused-ring (bicyclic) bond motifs is 1. The number of hydrogen-bond donors (Lipinski definition) is 2. The largest absolute Gasteiger partial charge is 0.453 e. The highest BCUT2D eigenvalue weighted by Crippen LogP contribution is 2.52. The van der Waals surface area contributed by atoms with Crippen LogP contribution in [0, 0.1) is 11.8 Å². The highest BCUT2D eigenvalue weighted by Gasteiger charge is 2.79. The molecule has 102 valence electrons. The molecule has 2 fully saturated rings. The van der Waals surface area contributed by atoms with Gasteiger partial charge in [-0.1, -0.05) is 13.8 Å². The van der Waals surface area contributed by atoms with Gasteiger partial charge in [0.1, 0.15) is 0 Å². The summed E-state index contributed by atoms with van der Waals surface area (Å²) in [6, 6.07) is 0. The maximum absolute atomic E-state index is 12.0. The van der Waals surface area contributed by atoms with Crippen LogP contribution in [0.1, 0.15) is 27.2 Å². The quantitative estimate of drug-likeness (QED) is 0.576. The average Bonchev–Trinajstić information content (AvgIpc) is 2.46. The van der Waals surface area contributed by atoms with Gasteiger partial charge in [-0.2, -0.15) is 0 Å². The van der Waals surface area contributed by atoms with Crippen molar-refractivity contribution in [1.29, 1.82) is 0 Å². The number of alkyl halides is 1. The molecule has 0 aromatic heterocycles. The first-order chi connectivity index (χ1) is 8.31. The molecule has 0 aromatic rings. The van der Waals surface area contributed by atoms with Crippen molar-refractivity contribution in [2.24, 2.45) is 11.8 Å². The topological polar surface area (TPSA) is 75.6 Å². The summed E-state index contributed by atoms with van der Waals surface area (Å²) in [6.45, 7) is 5.29. The number of nitrogens with one attached hydrogen (secondary N) is 1. The van der Waals surface area contributed by atoms with Crippen LogP contribution < -0.4 is 5.32 Å². The average molecular weight is 276 g/mol. The molecule has 4 atom stereocenters. The first-order valence-corrected chi connectivity index (χ1v) is 6.64. The van der Waals surface area contributed by atoms with E-state index < -0.39 is 29.1 Å². The van der Waals surface area contributed by atoms with E-state index in [1.807, 2.05) is 0 Å². The number of hydrogen-bond acceptors (Lipinski definition) is 4. The highest BCUT2D eigenvalue weighted by atomic mass is 35.5. The van der Waals surface area contributed by atoms with Crippen LogP contribution in [-0.2, 0) is 14.3 Å². The predicted molar refractivity (Wildman–Crippen MR) is 65.0 cm³/mol. The van der Waals surface area contributed by atoms with Gasteiger partial charge in [0, 0.05) is 5.88 Å². The van der Waals surface area contributed by atoms with E-state index in [0.29, 0.717) is 12.3 Å². The van der Waals surface area contributed by atoms with Crippen molar-refractivity contribution in [3.8, 4) is 0 Å². The fraction of sp³-hybridized carbons (Fsp3) is 0.833. The Labute approximate surface area is 111 Å². The number of rotatable bonds is 4. The Balaban J connectivity index is 2.40. The minimum absolute atomic E-state index is 0.160. The number of aliphatic hydroxyl groups excluding tert-OH is 1. The number of carbonyl (C=O) groups is 2. The van der Waals surface area contributed by atoms with Gasteiger partial charge < -0.3 is 15.2 Å². The van der Waals surface area contributed by atoms with E-state index in [9.17, 15) is 14.7 Å². The third-order valence-electron chi connectivity index (χ3n) is 4.18. The molecular formula is C12H18ClNO4. The van der Waals surface area contributed by atoms with Crippen LogP contribution in [-0.4, -0.2) is 40.1 Å². The highest BCUT2D eigenvalue weighted by molar-refractivity contribution is 6.18. The molecule has 1 amide bonds. The summed E-state index contributed by atoms with van der Waals surface area (Å²) < 4.78 is 5.22. The Morgan fingerprint density at radius 3 is 2.56 bits per heavy atom. The van der Waals surface area contributed by atoms with Crippen molar-refractivity contribution in [2.45, 2.75) is 44.4 Å². The smallest absolute Gasteiger partial charge is 0.339 e. The molecule has 2 aliphatic heterocycles. The molecule has 2 rings (SSSR count). The van der Waals surface area contributed by atoms with Gasteiger partial charge in [0.25, 0.3) is 0 Å². The predicted octanol–water partition coefficient (Wildman–Crippen LogP) is 0.432. The summed E-state index contributed by atoms with van der Waals surface area (Å²) in [5, 5.41) is 12.9. The molecule has 1 unspecified atom stereocenters. The van der Waals surface area contributed by atoms with Crippen LogP contribution in [0.5, 0.6) is 0 Å². The molecule has 2 saturated heterocycles. The van der Waals surface area contributed by atoms with E-state index in [0.717, 1.165) is 0 Å². The summed E-state index contributed by atoms with van der Waals surface area (Å²) in [5.41, 5.74) is -2.31. The molecule has 2 heterocycles. The van der Waals surface area contributed by atoms with Crippen LogP contribution in [0.3, 0.4) is 0 Å². The molecule has 6 heteroatoms. The van der Waals surface area contributed by atoms with Gasteiger partial charge >= 0.3 is 5.97 Å². The summed E-state index contributed by atoms with van der Waals surface area (Å²) in [7, 11) is 0. The molecule has 18 heavy (non-hydrogen) atoms. The second kappa shape index (κ2) is 4.10. The summed E-state index contributed by atoms with van der Waals surface area (Å²) in [6.07, 6.45) is -0.544. The van der Waals surface area contributed by atoms with Crippen LogP contribution in [0.4, 0.5) is 0 Å². The summed E-state index contributed by atoms with van der Waals surface area (Å²) in [5.74, 6) is -1.19. The van der Waals surface area contributed by atoms with Crippen molar-refractivity contribution < 1.29 is 19.4 Å². The molecule has 0 radical (unpaired) electrons. The van der Waals surface area contributed by atoms with E-state index in [-0.39, 0.29) is 11.8 Å². The lowest BCUT2D eigenvalue weighted by atomic mass is 9.66. The van der Waals surface area contributed by atoms with Gasteiger partial charge in [0.05, 0.1) is 12.0 Å². The SMILES string of the molecule is CC(C)[C@H](O)[C@@]12NC(=O)C(CCCl)[C@]1(C)OC2=O. The van der Waals surface area contributed by atoms with Gasteiger partial charge in [-0.05, 0) is 19.3 Å². The Bertz CT molecular complexity index is 400. The van der Waals surface area contributed by atoms with Crippen molar-refractivity contribution in [3.63, 3.8) is 0 Å². The zero-order chi connectivity index (χ0) is 13.7. The van der Waals surface area contributed by atoms with Gasteiger partial charge in [0.2, 0.25) is 11.4 Å². The molecule has 0 saturated carbocycles. The van der Waals surface area contributed by atoms with E-state index in [1.54, 1.807) is 20.8 Å². The number of carbonyl (C=O) groups excluding carboxylic acids is 2. The van der Waals surface area contributed by atoms with E-state index >= 15 is 0 Å². The molecule has 0 aromatic carbocycles.